The molecule has 2 aliphatic heterocycles. The van der Waals surface area contributed by atoms with Crippen molar-refractivity contribution in [2.75, 3.05) is 31.1 Å². The lowest BCUT2D eigenvalue weighted by atomic mass is 10.1. The van der Waals surface area contributed by atoms with Gasteiger partial charge in [0.05, 0.1) is 4.91 Å². The van der Waals surface area contributed by atoms with Crippen LogP contribution in [0, 0.1) is 0 Å². The molecule has 1 aromatic carbocycles. The highest BCUT2D eigenvalue weighted by Crippen LogP contribution is 2.34. The fourth-order valence-corrected chi connectivity index (χ4v) is 4.01. The molecule has 1 N–H and O–H groups in total. The number of hydrogen-bond donors (Lipinski definition) is 1. The molecule has 0 aromatic heterocycles. The SMILES string of the molecule is CC(=O)N1CCN(c2cccc(Cl)c2/C=C2\SC(=S)NC2=O)CC1. The highest BCUT2D eigenvalue weighted by atomic mass is 35.5. The van der Waals surface area contributed by atoms with Crippen LogP contribution in [0.1, 0.15) is 12.5 Å². The Bertz CT molecular complexity index is 743. The zero-order chi connectivity index (χ0) is 17.3. The van der Waals surface area contributed by atoms with E-state index in [4.69, 9.17) is 23.8 Å². The summed E-state index contributed by atoms with van der Waals surface area (Å²) in [5.41, 5.74) is 1.77. The molecule has 0 spiro atoms. The number of hydrogen-bond acceptors (Lipinski definition) is 5. The Hall–Kier alpha value is -1.57. The van der Waals surface area contributed by atoms with Gasteiger partial charge in [0, 0.05) is 49.4 Å². The molecule has 0 bridgehead atoms. The average Bonchev–Trinajstić information content (AvgIpc) is 2.87. The molecule has 2 amide bonds. The van der Waals surface area contributed by atoms with Gasteiger partial charge in [-0.1, -0.05) is 41.6 Å². The van der Waals surface area contributed by atoms with E-state index in [1.165, 1.54) is 11.8 Å². The molecule has 0 aliphatic carbocycles. The van der Waals surface area contributed by atoms with Crippen molar-refractivity contribution in [3.63, 3.8) is 0 Å². The highest BCUT2D eigenvalue weighted by Gasteiger charge is 2.25. The van der Waals surface area contributed by atoms with Crippen LogP contribution in [0.4, 0.5) is 5.69 Å². The van der Waals surface area contributed by atoms with Crippen molar-refractivity contribution >= 4 is 63.5 Å². The van der Waals surface area contributed by atoms with E-state index < -0.39 is 0 Å². The van der Waals surface area contributed by atoms with Crippen molar-refractivity contribution in [3.05, 3.63) is 33.7 Å². The molecule has 8 heteroatoms. The lowest BCUT2D eigenvalue weighted by Crippen LogP contribution is -2.48. The first-order chi connectivity index (χ1) is 11.5. The molecule has 2 saturated heterocycles. The zero-order valence-electron chi connectivity index (χ0n) is 13.0. The quantitative estimate of drug-likeness (QED) is 0.630. The summed E-state index contributed by atoms with van der Waals surface area (Å²) in [6.45, 7) is 4.40. The molecule has 3 rings (SSSR count). The Labute approximate surface area is 155 Å². The summed E-state index contributed by atoms with van der Waals surface area (Å²) in [6.07, 6.45) is 1.79. The first kappa shape index (κ1) is 17.3. The maximum Gasteiger partial charge on any atom is 0.263 e. The van der Waals surface area contributed by atoms with Gasteiger partial charge >= 0.3 is 0 Å². The molecule has 24 heavy (non-hydrogen) atoms. The summed E-state index contributed by atoms with van der Waals surface area (Å²) >= 11 is 12.6. The molecule has 2 heterocycles. The van der Waals surface area contributed by atoms with Gasteiger partial charge in [0.1, 0.15) is 4.32 Å². The molecule has 0 radical (unpaired) electrons. The van der Waals surface area contributed by atoms with E-state index in [0.717, 1.165) is 24.3 Å². The fraction of sp³-hybridized carbons (Fsp3) is 0.312. The van der Waals surface area contributed by atoms with Gasteiger partial charge in [0.15, 0.2) is 0 Å². The van der Waals surface area contributed by atoms with Gasteiger partial charge in [-0.2, -0.15) is 0 Å². The molecular formula is C16H16ClN3O2S2. The van der Waals surface area contributed by atoms with E-state index in [0.29, 0.717) is 27.3 Å². The summed E-state index contributed by atoms with van der Waals surface area (Å²) < 4.78 is 0.454. The maximum absolute atomic E-state index is 11.9. The summed E-state index contributed by atoms with van der Waals surface area (Å²) in [6, 6.07) is 5.68. The van der Waals surface area contributed by atoms with Gasteiger partial charge in [0.25, 0.3) is 5.91 Å². The van der Waals surface area contributed by atoms with Gasteiger partial charge in [-0.25, -0.2) is 0 Å². The fourth-order valence-electron chi connectivity index (χ4n) is 2.76. The number of thioether (sulfide) groups is 1. The van der Waals surface area contributed by atoms with Crippen LogP contribution in [0.5, 0.6) is 0 Å². The van der Waals surface area contributed by atoms with Crippen LogP contribution in [0.2, 0.25) is 5.02 Å². The molecule has 0 atom stereocenters. The number of halogens is 1. The first-order valence-electron chi connectivity index (χ1n) is 7.49. The minimum Gasteiger partial charge on any atom is -0.367 e. The molecule has 5 nitrogen and oxygen atoms in total. The monoisotopic (exact) mass is 381 g/mol. The minimum atomic E-state index is -0.197. The molecule has 126 valence electrons. The highest BCUT2D eigenvalue weighted by molar-refractivity contribution is 8.26. The summed E-state index contributed by atoms with van der Waals surface area (Å²) in [7, 11) is 0. The Morgan fingerprint density at radius 3 is 2.62 bits per heavy atom. The first-order valence-corrected chi connectivity index (χ1v) is 9.10. The van der Waals surface area contributed by atoms with E-state index in [9.17, 15) is 9.59 Å². The third-order valence-electron chi connectivity index (χ3n) is 4.01. The second kappa shape index (κ2) is 7.13. The lowest BCUT2D eigenvalue weighted by molar-refractivity contribution is -0.129. The number of carbonyl (C=O) groups is 2. The standard InChI is InChI=1S/C16H16ClN3O2S2/c1-10(21)19-5-7-20(8-6-19)13-4-2-3-12(17)11(13)9-14-15(22)18-16(23)24-14/h2-4,9H,5-8H2,1H3,(H,18,22,23)/b14-9-. The number of thiocarbonyl (C=S) groups is 1. The second-order valence-corrected chi connectivity index (χ2v) is 7.64. The minimum absolute atomic E-state index is 0.0932. The van der Waals surface area contributed by atoms with E-state index in [1.807, 2.05) is 17.0 Å². The third kappa shape index (κ3) is 3.58. The van der Waals surface area contributed by atoms with Gasteiger partial charge < -0.3 is 15.1 Å². The number of nitrogens with one attached hydrogen (secondary N) is 1. The van der Waals surface area contributed by atoms with E-state index in [2.05, 4.69) is 10.2 Å². The van der Waals surface area contributed by atoms with Crippen LogP contribution < -0.4 is 10.2 Å². The average molecular weight is 382 g/mol. The number of benzene rings is 1. The summed E-state index contributed by atoms with van der Waals surface area (Å²) in [5.74, 6) is -0.104. The maximum atomic E-state index is 11.9. The number of piperazine rings is 1. The van der Waals surface area contributed by atoms with Crippen molar-refractivity contribution in [1.82, 2.24) is 10.2 Å². The van der Waals surface area contributed by atoms with Crippen LogP contribution in [-0.4, -0.2) is 47.2 Å². The molecule has 2 fully saturated rings. The number of carbonyl (C=O) groups excluding carboxylic acids is 2. The van der Waals surface area contributed by atoms with Gasteiger partial charge in [-0.3, -0.25) is 9.59 Å². The molecule has 0 unspecified atom stereocenters. The van der Waals surface area contributed by atoms with Crippen molar-refractivity contribution in [3.8, 4) is 0 Å². The molecule has 2 aliphatic rings. The van der Waals surface area contributed by atoms with Crippen molar-refractivity contribution < 1.29 is 9.59 Å². The smallest absolute Gasteiger partial charge is 0.263 e. The Morgan fingerprint density at radius 2 is 2.04 bits per heavy atom. The number of nitrogens with zero attached hydrogens (tertiary/aromatic N) is 2. The second-order valence-electron chi connectivity index (χ2n) is 5.52. The van der Waals surface area contributed by atoms with Crippen LogP contribution in [-0.2, 0) is 9.59 Å². The van der Waals surface area contributed by atoms with Crippen molar-refractivity contribution in [2.24, 2.45) is 0 Å². The largest absolute Gasteiger partial charge is 0.367 e. The third-order valence-corrected chi connectivity index (χ3v) is 5.51. The van der Waals surface area contributed by atoms with Gasteiger partial charge in [-0.05, 0) is 18.2 Å². The van der Waals surface area contributed by atoms with Crippen LogP contribution in [0.25, 0.3) is 6.08 Å². The topological polar surface area (TPSA) is 52.7 Å². The molecule has 1 aromatic rings. The number of rotatable bonds is 2. The number of anilines is 1. The van der Waals surface area contributed by atoms with E-state index in [1.54, 1.807) is 19.1 Å². The summed E-state index contributed by atoms with van der Waals surface area (Å²) in [4.78, 5) is 28.0. The normalized spacial score (nSPS) is 19.8. The van der Waals surface area contributed by atoms with Crippen LogP contribution in [0.15, 0.2) is 23.1 Å². The zero-order valence-corrected chi connectivity index (χ0v) is 15.4. The summed E-state index contributed by atoms with van der Waals surface area (Å²) in [5, 5.41) is 3.19. The lowest BCUT2D eigenvalue weighted by Gasteiger charge is -2.36. The van der Waals surface area contributed by atoms with Crippen LogP contribution in [0.3, 0.4) is 0 Å². The predicted octanol–water partition coefficient (Wildman–Crippen LogP) is 2.50. The number of amides is 2. The molecule has 0 saturated carbocycles. The Morgan fingerprint density at radius 1 is 1.33 bits per heavy atom. The van der Waals surface area contributed by atoms with Crippen molar-refractivity contribution in [1.29, 1.82) is 0 Å². The van der Waals surface area contributed by atoms with Gasteiger partial charge in [-0.15, -0.1) is 0 Å². The Balaban J connectivity index is 1.89. The van der Waals surface area contributed by atoms with Crippen molar-refractivity contribution in [2.45, 2.75) is 6.92 Å². The van der Waals surface area contributed by atoms with Gasteiger partial charge in [0.2, 0.25) is 5.91 Å². The van der Waals surface area contributed by atoms with E-state index in [-0.39, 0.29) is 11.8 Å². The van der Waals surface area contributed by atoms with Crippen LogP contribution >= 0.6 is 35.6 Å². The Kier molecular flexibility index (Phi) is 5.12. The predicted molar refractivity (Wildman–Crippen MR) is 102 cm³/mol. The van der Waals surface area contributed by atoms with E-state index >= 15 is 0 Å². The molecular weight excluding hydrogens is 366 g/mol.